The lowest BCUT2D eigenvalue weighted by atomic mass is 9.81. The molecule has 1 spiro atoms. The Kier molecular flexibility index (Phi) is 5.14. The summed E-state index contributed by atoms with van der Waals surface area (Å²) >= 11 is 0. The standard InChI is InChI=1S/C26H24N4O4/c1-25(2,32-4)10-9-16-12-20-23(29-14-16)34-21-8-7-17(18-6-5-11-28-22(18)31-3)13-19(21)26(20)15-33-24(27)30-26/h5-8,11-14H,15H2,1-4H3,(H2,27,30)/t26-/m0/s1. The average Bonchev–Trinajstić information content (AvgIpc) is 3.25. The van der Waals surface area contributed by atoms with E-state index in [-0.39, 0.29) is 12.6 Å². The van der Waals surface area contributed by atoms with Gasteiger partial charge in [0.25, 0.3) is 6.02 Å². The molecule has 8 nitrogen and oxygen atoms in total. The second-order valence-electron chi connectivity index (χ2n) is 8.51. The van der Waals surface area contributed by atoms with Gasteiger partial charge in [-0.15, -0.1) is 0 Å². The number of amidine groups is 1. The first kappa shape index (κ1) is 21.7. The highest BCUT2D eigenvalue weighted by Gasteiger charge is 2.48. The van der Waals surface area contributed by atoms with Crippen LogP contribution in [0.3, 0.4) is 0 Å². The van der Waals surface area contributed by atoms with Crippen molar-refractivity contribution in [2.75, 3.05) is 20.8 Å². The lowest BCUT2D eigenvalue weighted by Gasteiger charge is -2.33. The first-order valence-corrected chi connectivity index (χ1v) is 10.7. The van der Waals surface area contributed by atoms with Crippen molar-refractivity contribution in [3.8, 4) is 40.5 Å². The zero-order valence-corrected chi connectivity index (χ0v) is 19.4. The highest BCUT2D eigenvalue weighted by molar-refractivity contribution is 5.78. The Bertz CT molecular complexity index is 1370. The molecule has 4 heterocycles. The van der Waals surface area contributed by atoms with Gasteiger partial charge in [-0.05, 0) is 49.7 Å². The fourth-order valence-electron chi connectivity index (χ4n) is 4.01. The third-order valence-corrected chi connectivity index (χ3v) is 5.95. The van der Waals surface area contributed by atoms with Gasteiger partial charge in [0.2, 0.25) is 11.8 Å². The van der Waals surface area contributed by atoms with Gasteiger partial charge >= 0.3 is 0 Å². The van der Waals surface area contributed by atoms with Gasteiger partial charge in [0.15, 0.2) is 5.54 Å². The van der Waals surface area contributed by atoms with Crippen LogP contribution < -0.4 is 15.2 Å². The lowest BCUT2D eigenvalue weighted by molar-refractivity contribution is 0.0741. The summed E-state index contributed by atoms with van der Waals surface area (Å²) in [6.07, 6.45) is 3.37. The molecule has 8 heteroatoms. The van der Waals surface area contributed by atoms with E-state index >= 15 is 0 Å². The number of methoxy groups -OCH3 is 2. The normalized spacial score (nSPS) is 18.1. The van der Waals surface area contributed by atoms with Gasteiger partial charge in [-0.2, -0.15) is 0 Å². The van der Waals surface area contributed by atoms with Crippen molar-refractivity contribution in [1.82, 2.24) is 9.97 Å². The highest BCUT2D eigenvalue weighted by atomic mass is 16.5. The van der Waals surface area contributed by atoms with Gasteiger partial charge < -0.3 is 24.7 Å². The molecule has 5 rings (SSSR count). The molecule has 34 heavy (non-hydrogen) atoms. The Balaban J connectivity index is 1.67. The van der Waals surface area contributed by atoms with Crippen LogP contribution in [-0.4, -0.2) is 42.4 Å². The van der Waals surface area contributed by atoms with Gasteiger partial charge in [-0.3, -0.25) is 0 Å². The molecule has 0 saturated carbocycles. The Hall–Kier alpha value is -4.09. The number of hydrogen-bond acceptors (Lipinski definition) is 8. The molecule has 172 valence electrons. The zero-order chi connectivity index (χ0) is 23.9. The van der Waals surface area contributed by atoms with Crippen LogP contribution in [-0.2, 0) is 15.0 Å². The molecule has 0 amide bonds. The van der Waals surface area contributed by atoms with E-state index < -0.39 is 11.1 Å². The summed E-state index contributed by atoms with van der Waals surface area (Å²) in [5.74, 6) is 7.86. The summed E-state index contributed by atoms with van der Waals surface area (Å²) < 4.78 is 22.7. The van der Waals surface area contributed by atoms with Crippen molar-refractivity contribution in [3.63, 3.8) is 0 Å². The van der Waals surface area contributed by atoms with E-state index in [4.69, 9.17) is 29.7 Å². The third-order valence-electron chi connectivity index (χ3n) is 5.95. The zero-order valence-electron chi connectivity index (χ0n) is 19.4. The van der Waals surface area contributed by atoms with Crippen molar-refractivity contribution in [2.24, 2.45) is 10.7 Å². The van der Waals surface area contributed by atoms with Crippen LogP contribution in [0.2, 0.25) is 0 Å². The van der Waals surface area contributed by atoms with E-state index in [0.29, 0.717) is 23.1 Å². The van der Waals surface area contributed by atoms with Crippen LogP contribution in [0.15, 0.2) is 53.8 Å². The van der Waals surface area contributed by atoms with Crippen molar-refractivity contribution < 1.29 is 18.9 Å². The Morgan fingerprint density at radius 1 is 1.12 bits per heavy atom. The number of nitrogens with zero attached hydrogens (tertiary/aromatic N) is 3. The monoisotopic (exact) mass is 456 g/mol. The molecule has 0 radical (unpaired) electrons. The molecule has 3 aromatic rings. The lowest BCUT2D eigenvalue weighted by Crippen LogP contribution is -2.31. The number of pyridine rings is 2. The van der Waals surface area contributed by atoms with Crippen LogP contribution >= 0.6 is 0 Å². The smallest absolute Gasteiger partial charge is 0.283 e. The van der Waals surface area contributed by atoms with Crippen molar-refractivity contribution in [2.45, 2.75) is 25.0 Å². The molecule has 0 bridgehead atoms. The van der Waals surface area contributed by atoms with Crippen molar-refractivity contribution in [1.29, 1.82) is 0 Å². The van der Waals surface area contributed by atoms with Crippen molar-refractivity contribution in [3.05, 3.63) is 65.5 Å². The van der Waals surface area contributed by atoms with Crippen LogP contribution in [0.5, 0.6) is 17.5 Å². The first-order valence-electron chi connectivity index (χ1n) is 10.7. The summed E-state index contributed by atoms with van der Waals surface area (Å²) in [4.78, 5) is 13.6. The number of ether oxygens (including phenoxy) is 4. The fourth-order valence-corrected chi connectivity index (χ4v) is 4.01. The largest absolute Gasteiger partial charge is 0.481 e. The van der Waals surface area contributed by atoms with Gasteiger partial charge in [0.05, 0.1) is 12.7 Å². The molecule has 2 N–H and O–H groups in total. The molecule has 1 atom stereocenters. The van der Waals surface area contributed by atoms with Gasteiger partial charge in [-0.25, -0.2) is 15.0 Å². The van der Waals surface area contributed by atoms with Crippen LogP contribution in [0.4, 0.5) is 0 Å². The number of aromatic nitrogens is 2. The molecule has 1 aromatic carbocycles. The summed E-state index contributed by atoms with van der Waals surface area (Å²) in [5, 5.41) is 0. The summed E-state index contributed by atoms with van der Waals surface area (Å²) in [6, 6.07) is 11.7. The average molecular weight is 457 g/mol. The van der Waals surface area contributed by atoms with E-state index in [9.17, 15) is 0 Å². The second kappa shape index (κ2) is 8.04. The maximum atomic E-state index is 6.17. The molecular weight excluding hydrogens is 432 g/mol. The number of hydrogen-bond donors (Lipinski definition) is 1. The predicted molar refractivity (Wildman–Crippen MR) is 127 cm³/mol. The number of benzene rings is 1. The molecule has 2 aromatic heterocycles. The molecule has 0 aliphatic carbocycles. The van der Waals surface area contributed by atoms with Crippen LogP contribution in [0.25, 0.3) is 11.1 Å². The first-order chi connectivity index (χ1) is 16.3. The van der Waals surface area contributed by atoms with Gasteiger partial charge in [-0.1, -0.05) is 17.9 Å². The minimum Gasteiger partial charge on any atom is -0.481 e. The summed E-state index contributed by atoms with van der Waals surface area (Å²) in [5.41, 5.74) is 8.52. The van der Waals surface area contributed by atoms with Crippen LogP contribution in [0.1, 0.15) is 30.5 Å². The SMILES string of the molecule is COc1ncccc1-c1ccc2c(c1)[C@@]1(COC(N)=N1)c1cc(C#CC(C)(C)OC)cnc1O2. The fraction of sp³-hybridized carbons (Fsp3) is 0.269. The topological polar surface area (TPSA) is 101 Å². The second-order valence-corrected chi connectivity index (χ2v) is 8.51. The predicted octanol–water partition coefficient (Wildman–Crippen LogP) is 3.62. The maximum Gasteiger partial charge on any atom is 0.283 e. The molecule has 2 aliphatic rings. The molecule has 0 fully saturated rings. The number of rotatable bonds is 3. The van der Waals surface area contributed by atoms with Crippen LogP contribution in [0, 0.1) is 11.8 Å². The summed E-state index contributed by atoms with van der Waals surface area (Å²) in [7, 11) is 3.22. The van der Waals surface area contributed by atoms with E-state index in [0.717, 1.165) is 22.3 Å². The van der Waals surface area contributed by atoms with E-state index in [1.807, 2.05) is 50.2 Å². The van der Waals surface area contributed by atoms with Gasteiger partial charge in [0, 0.05) is 36.2 Å². The van der Waals surface area contributed by atoms with Crippen molar-refractivity contribution >= 4 is 6.02 Å². The third kappa shape index (κ3) is 3.60. The molecular formula is C26H24N4O4. The summed E-state index contributed by atoms with van der Waals surface area (Å²) in [6.45, 7) is 4.02. The van der Waals surface area contributed by atoms with E-state index in [1.54, 1.807) is 26.6 Å². The quantitative estimate of drug-likeness (QED) is 0.601. The minimum atomic E-state index is -0.917. The van der Waals surface area contributed by atoms with E-state index in [1.165, 1.54) is 0 Å². The Labute approximate surface area is 197 Å². The number of aliphatic imine (C=N–C) groups is 1. The van der Waals surface area contributed by atoms with E-state index in [2.05, 4.69) is 21.8 Å². The minimum absolute atomic E-state index is 0.111. The number of fused-ring (bicyclic) bond motifs is 4. The number of nitrogens with two attached hydrogens (primary N) is 1. The highest BCUT2D eigenvalue weighted by Crippen LogP contribution is 2.51. The molecule has 0 unspecified atom stereocenters. The maximum absolute atomic E-state index is 6.17. The Morgan fingerprint density at radius 2 is 1.97 bits per heavy atom. The van der Waals surface area contributed by atoms with Gasteiger partial charge in [0.1, 0.15) is 18.0 Å². The molecule has 2 aliphatic heterocycles. The Morgan fingerprint density at radius 3 is 2.71 bits per heavy atom. The molecule has 0 saturated heterocycles.